The minimum Gasteiger partial charge on any atom is -0.508 e. The van der Waals surface area contributed by atoms with Gasteiger partial charge in [0.15, 0.2) is 5.58 Å². The molecule has 1 heterocycles. The van der Waals surface area contributed by atoms with Gasteiger partial charge < -0.3 is 19.7 Å². The summed E-state index contributed by atoms with van der Waals surface area (Å²) in [7, 11) is 0. The van der Waals surface area contributed by atoms with Gasteiger partial charge >= 0.3 is 0 Å². The third kappa shape index (κ3) is 1.62. The normalized spacial score (nSPS) is 10.9. The minimum atomic E-state index is -0.120. The Morgan fingerprint density at radius 2 is 1.61 bits per heavy atom. The molecule has 18 heavy (non-hydrogen) atoms. The van der Waals surface area contributed by atoms with Gasteiger partial charge in [0.2, 0.25) is 5.89 Å². The molecule has 90 valence electrons. The first-order valence-electron chi connectivity index (χ1n) is 5.25. The van der Waals surface area contributed by atoms with Crippen molar-refractivity contribution < 1.29 is 19.7 Å². The molecule has 3 N–H and O–H groups in total. The van der Waals surface area contributed by atoms with Crippen LogP contribution in [-0.4, -0.2) is 20.3 Å². The van der Waals surface area contributed by atoms with Gasteiger partial charge in [-0.15, -0.1) is 0 Å². The van der Waals surface area contributed by atoms with Crippen LogP contribution in [0.2, 0.25) is 0 Å². The maximum absolute atomic E-state index is 9.72. The molecule has 3 aromatic rings. The van der Waals surface area contributed by atoms with Crippen LogP contribution in [0.1, 0.15) is 0 Å². The second kappa shape index (κ2) is 3.66. The van der Waals surface area contributed by atoms with Crippen LogP contribution in [0.5, 0.6) is 17.2 Å². The lowest BCUT2D eigenvalue weighted by molar-refractivity contribution is 0.450. The van der Waals surface area contributed by atoms with Crippen molar-refractivity contribution in [1.29, 1.82) is 0 Å². The number of hydrogen-bond donors (Lipinski definition) is 3. The van der Waals surface area contributed by atoms with Crippen LogP contribution < -0.4 is 0 Å². The van der Waals surface area contributed by atoms with E-state index in [0.29, 0.717) is 16.7 Å². The molecule has 0 saturated heterocycles. The summed E-state index contributed by atoms with van der Waals surface area (Å²) in [5.41, 5.74) is 1.39. The standard InChI is InChI=1S/C13H9NO4/c15-7-2-4-12-10(5-7)14-13(18-12)9-3-1-8(16)6-11(9)17/h1-6,15-17H. The van der Waals surface area contributed by atoms with E-state index >= 15 is 0 Å². The van der Waals surface area contributed by atoms with Crippen molar-refractivity contribution in [2.45, 2.75) is 0 Å². The highest BCUT2D eigenvalue weighted by atomic mass is 16.4. The van der Waals surface area contributed by atoms with E-state index in [-0.39, 0.29) is 23.1 Å². The van der Waals surface area contributed by atoms with Gasteiger partial charge in [-0.3, -0.25) is 0 Å². The van der Waals surface area contributed by atoms with Crippen molar-refractivity contribution in [3.63, 3.8) is 0 Å². The van der Waals surface area contributed by atoms with Gasteiger partial charge in [-0.2, -0.15) is 0 Å². The summed E-state index contributed by atoms with van der Waals surface area (Å²) >= 11 is 0. The summed E-state index contributed by atoms with van der Waals surface area (Å²) in [4.78, 5) is 4.17. The number of phenolic OH excluding ortho intramolecular Hbond substituents is 3. The highest BCUT2D eigenvalue weighted by Gasteiger charge is 2.12. The number of aromatic hydroxyl groups is 3. The smallest absolute Gasteiger partial charge is 0.231 e. The average Bonchev–Trinajstić information content (AvgIpc) is 2.71. The number of hydrogen-bond acceptors (Lipinski definition) is 5. The predicted octanol–water partition coefficient (Wildman–Crippen LogP) is 2.61. The molecule has 5 nitrogen and oxygen atoms in total. The molecule has 0 spiro atoms. The Morgan fingerprint density at radius 1 is 0.889 bits per heavy atom. The molecular weight excluding hydrogens is 234 g/mol. The van der Waals surface area contributed by atoms with E-state index in [1.807, 2.05) is 0 Å². The lowest BCUT2D eigenvalue weighted by Gasteiger charge is -1.99. The summed E-state index contributed by atoms with van der Waals surface area (Å²) in [6.45, 7) is 0. The highest BCUT2D eigenvalue weighted by Crippen LogP contribution is 2.33. The molecule has 3 rings (SSSR count). The predicted molar refractivity (Wildman–Crippen MR) is 64.4 cm³/mol. The fourth-order valence-electron chi connectivity index (χ4n) is 1.73. The number of fused-ring (bicyclic) bond motifs is 1. The first-order valence-corrected chi connectivity index (χ1v) is 5.25. The van der Waals surface area contributed by atoms with Gasteiger partial charge in [0, 0.05) is 12.1 Å². The number of benzene rings is 2. The third-order valence-corrected chi connectivity index (χ3v) is 2.58. The number of nitrogens with zero attached hydrogens (tertiary/aromatic N) is 1. The van der Waals surface area contributed by atoms with Gasteiger partial charge in [-0.25, -0.2) is 4.98 Å². The van der Waals surface area contributed by atoms with Gasteiger partial charge in [-0.05, 0) is 24.3 Å². The van der Waals surface area contributed by atoms with E-state index in [2.05, 4.69) is 4.98 Å². The van der Waals surface area contributed by atoms with Gasteiger partial charge in [-0.1, -0.05) is 0 Å². The topological polar surface area (TPSA) is 86.7 Å². The lowest BCUT2D eigenvalue weighted by atomic mass is 10.2. The fraction of sp³-hybridized carbons (Fsp3) is 0. The van der Waals surface area contributed by atoms with E-state index in [4.69, 9.17) is 4.42 Å². The quantitative estimate of drug-likeness (QED) is 0.611. The Hall–Kier alpha value is -2.69. The number of oxazole rings is 1. The minimum absolute atomic E-state index is 0.0370. The van der Waals surface area contributed by atoms with Gasteiger partial charge in [0.25, 0.3) is 0 Å². The highest BCUT2D eigenvalue weighted by molar-refractivity contribution is 5.78. The largest absolute Gasteiger partial charge is 0.508 e. The van der Waals surface area contributed by atoms with Crippen molar-refractivity contribution in [1.82, 2.24) is 4.98 Å². The Morgan fingerprint density at radius 3 is 2.39 bits per heavy atom. The van der Waals surface area contributed by atoms with E-state index in [9.17, 15) is 15.3 Å². The number of rotatable bonds is 1. The van der Waals surface area contributed by atoms with Crippen molar-refractivity contribution in [3.8, 4) is 28.7 Å². The number of aromatic nitrogens is 1. The van der Waals surface area contributed by atoms with E-state index in [0.717, 1.165) is 0 Å². The van der Waals surface area contributed by atoms with Crippen LogP contribution >= 0.6 is 0 Å². The summed E-state index contributed by atoms with van der Waals surface area (Å²) in [6, 6.07) is 8.71. The molecule has 0 saturated carbocycles. The molecule has 0 radical (unpaired) electrons. The summed E-state index contributed by atoms with van der Waals surface area (Å²) in [5.74, 6) is 0.168. The Balaban J connectivity index is 2.19. The van der Waals surface area contributed by atoms with Crippen LogP contribution in [0, 0.1) is 0 Å². The summed E-state index contributed by atoms with van der Waals surface area (Å²) < 4.78 is 5.47. The maximum Gasteiger partial charge on any atom is 0.231 e. The molecule has 2 aromatic carbocycles. The summed E-state index contributed by atoms with van der Waals surface area (Å²) in [5, 5.41) is 28.3. The van der Waals surface area contributed by atoms with Crippen LogP contribution in [0.25, 0.3) is 22.6 Å². The molecule has 0 aliphatic carbocycles. The zero-order valence-electron chi connectivity index (χ0n) is 9.16. The Kier molecular flexibility index (Phi) is 2.13. The molecule has 5 heteroatoms. The first kappa shape index (κ1) is 10.5. The zero-order chi connectivity index (χ0) is 12.7. The molecular formula is C13H9NO4. The van der Waals surface area contributed by atoms with Crippen LogP contribution in [0.3, 0.4) is 0 Å². The zero-order valence-corrected chi connectivity index (χ0v) is 9.16. The van der Waals surface area contributed by atoms with Crippen LogP contribution in [-0.2, 0) is 0 Å². The Labute approximate surface area is 102 Å². The van der Waals surface area contributed by atoms with Crippen molar-refractivity contribution >= 4 is 11.1 Å². The second-order valence-electron chi connectivity index (χ2n) is 3.87. The molecule has 0 unspecified atom stereocenters. The maximum atomic E-state index is 9.72. The number of phenols is 3. The SMILES string of the molecule is Oc1ccc(-c2nc3cc(O)ccc3o2)c(O)c1. The fourth-order valence-corrected chi connectivity index (χ4v) is 1.73. The average molecular weight is 243 g/mol. The second-order valence-corrected chi connectivity index (χ2v) is 3.87. The van der Waals surface area contributed by atoms with Crippen LogP contribution in [0.15, 0.2) is 40.8 Å². The lowest BCUT2D eigenvalue weighted by Crippen LogP contribution is -1.78. The molecule has 0 amide bonds. The van der Waals surface area contributed by atoms with Crippen molar-refractivity contribution in [3.05, 3.63) is 36.4 Å². The van der Waals surface area contributed by atoms with Gasteiger partial charge in [0.05, 0.1) is 5.56 Å². The van der Waals surface area contributed by atoms with Crippen molar-refractivity contribution in [2.24, 2.45) is 0 Å². The molecule has 0 fully saturated rings. The molecule has 0 aliphatic rings. The van der Waals surface area contributed by atoms with E-state index in [1.165, 1.54) is 30.3 Å². The van der Waals surface area contributed by atoms with Crippen LogP contribution in [0.4, 0.5) is 0 Å². The molecule has 0 bridgehead atoms. The van der Waals surface area contributed by atoms with Crippen molar-refractivity contribution in [2.75, 3.05) is 0 Å². The Bertz CT molecular complexity index is 733. The summed E-state index contributed by atoms with van der Waals surface area (Å²) in [6.07, 6.45) is 0. The molecule has 0 aliphatic heterocycles. The molecule has 0 atom stereocenters. The van der Waals surface area contributed by atoms with E-state index in [1.54, 1.807) is 6.07 Å². The molecule has 1 aromatic heterocycles. The van der Waals surface area contributed by atoms with E-state index < -0.39 is 0 Å². The first-order chi connectivity index (χ1) is 8.63. The monoisotopic (exact) mass is 243 g/mol. The third-order valence-electron chi connectivity index (χ3n) is 2.58. The van der Waals surface area contributed by atoms with Gasteiger partial charge in [0.1, 0.15) is 22.8 Å².